The van der Waals surface area contributed by atoms with Gasteiger partial charge in [0.05, 0.1) is 6.04 Å². The van der Waals surface area contributed by atoms with Crippen LogP contribution in [0, 0.1) is 23.2 Å². The van der Waals surface area contributed by atoms with Gasteiger partial charge in [0, 0.05) is 0 Å². The zero-order valence-electron chi connectivity index (χ0n) is 9.21. The first-order valence-corrected chi connectivity index (χ1v) is 6.18. The highest BCUT2D eigenvalue weighted by Gasteiger charge is 2.52. The van der Waals surface area contributed by atoms with Crippen molar-refractivity contribution in [3.63, 3.8) is 0 Å². The molecule has 0 radical (unpaired) electrons. The molecule has 4 saturated carbocycles. The third kappa shape index (κ3) is 1.11. The topological polar surface area (TPSA) is 12.4 Å². The average molecular weight is 191 g/mol. The maximum absolute atomic E-state index is 4.33. The fourth-order valence-electron chi connectivity index (χ4n) is 4.88. The van der Waals surface area contributed by atoms with E-state index in [1.54, 1.807) is 0 Å². The highest BCUT2D eigenvalue weighted by Crippen LogP contribution is 2.61. The van der Waals surface area contributed by atoms with Crippen molar-refractivity contribution in [1.29, 1.82) is 0 Å². The van der Waals surface area contributed by atoms with Crippen molar-refractivity contribution >= 4 is 6.72 Å². The Morgan fingerprint density at radius 1 is 1.07 bits per heavy atom. The minimum absolute atomic E-state index is 0.510. The SMILES string of the molecule is C=NC(C)C12CC3CC(CC(C3)C1)C2. The molecule has 4 fully saturated rings. The van der Waals surface area contributed by atoms with Gasteiger partial charge in [-0.15, -0.1) is 0 Å². The van der Waals surface area contributed by atoms with Gasteiger partial charge >= 0.3 is 0 Å². The summed E-state index contributed by atoms with van der Waals surface area (Å²) >= 11 is 0. The van der Waals surface area contributed by atoms with Gasteiger partial charge in [-0.1, -0.05) is 0 Å². The Labute approximate surface area is 87.0 Å². The van der Waals surface area contributed by atoms with Crippen molar-refractivity contribution in [3.8, 4) is 0 Å². The second-order valence-corrected chi connectivity index (χ2v) is 6.14. The summed E-state index contributed by atoms with van der Waals surface area (Å²) in [5, 5.41) is 0. The first-order chi connectivity index (χ1) is 6.72. The van der Waals surface area contributed by atoms with Crippen LogP contribution in [0.2, 0.25) is 0 Å². The van der Waals surface area contributed by atoms with Crippen molar-refractivity contribution in [2.24, 2.45) is 28.2 Å². The molecule has 0 spiro atoms. The molecule has 0 aromatic carbocycles. The minimum atomic E-state index is 0.510. The molecule has 0 aromatic rings. The van der Waals surface area contributed by atoms with Gasteiger partial charge in [0.2, 0.25) is 0 Å². The number of rotatable bonds is 2. The Hall–Kier alpha value is -0.330. The molecule has 0 amide bonds. The van der Waals surface area contributed by atoms with Crippen LogP contribution in [0.15, 0.2) is 4.99 Å². The van der Waals surface area contributed by atoms with E-state index in [2.05, 4.69) is 18.6 Å². The molecule has 14 heavy (non-hydrogen) atoms. The molecule has 0 N–H and O–H groups in total. The summed E-state index contributed by atoms with van der Waals surface area (Å²) in [4.78, 5) is 4.33. The molecule has 1 nitrogen and oxygen atoms in total. The largest absolute Gasteiger partial charge is 0.297 e. The standard InChI is InChI=1S/C13H21N/c1-9(14-2)13-6-10-3-11(7-13)5-12(4-10)8-13/h9-12H,2-8H2,1H3. The molecule has 78 valence electrons. The van der Waals surface area contributed by atoms with Crippen LogP contribution in [0.1, 0.15) is 45.4 Å². The molecule has 0 aliphatic heterocycles. The molecule has 4 bridgehead atoms. The fraction of sp³-hybridized carbons (Fsp3) is 0.923. The summed E-state index contributed by atoms with van der Waals surface area (Å²) in [5.41, 5.74) is 0.580. The van der Waals surface area contributed by atoms with Crippen molar-refractivity contribution < 1.29 is 0 Å². The van der Waals surface area contributed by atoms with Crippen LogP contribution < -0.4 is 0 Å². The molecule has 1 unspecified atom stereocenters. The predicted octanol–water partition coefficient (Wildman–Crippen LogP) is 3.29. The summed E-state index contributed by atoms with van der Waals surface area (Å²) in [6.07, 6.45) is 8.97. The quantitative estimate of drug-likeness (QED) is 0.594. The Morgan fingerprint density at radius 2 is 1.50 bits per heavy atom. The van der Waals surface area contributed by atoms with E-state index >= 15 is 0 Å². The van der Waals surface area contributed by atoms with Gasteiger partial charge in [0.15, 0.2) is 0 Å². The lowest BCUT2D eigenvalue weighted by molar-refractivity contribution is -0.0631. The summed E-state index contributed by atoms with van der Waals surface area (Å²) < 4.78 is 0. The Morgan fingerprint density at radius 3 is 1.86 bits per heavy atom. The minimum Gasteiger partial charge on any atom is -0.297 e. The second kappa shape index (κ2) is 2.84. The highest BCUT2D eigenvalue weighted by molar-refractivity contribution is 5.25. The Kier molecular flexibility index (Phi) is 1.81. The summed E-state index contributed by atoms with van der Waals surface area (Å²) in [5.74, 6) is 3.14. The van der Waals surface area contributed by atoms with Crippen LogP contribution in [0.3, 0.4) is 0 Å². The number of hydrogen-bond donors (Lipinski definition) is 0. The summed E-state index contributed by atoms with van der Waals surface area (Å²) in [7, 11) is 0. The molecule has 1 atom stereocenters. The van der Waals surface area contributed by atoms with Crippen molar-refractivity contribution in [1.82, 2.24) is 0 Å². The van der Waals surface area contributed by atoms with E-state index in [0.29, 0.717) is 11.5 Å². The molecule has 4 aliphatic rings. The monoisotopic (exact) mass is 191 g/mol. The van der Waals surface area contributed by atoms with E-state index < -0.39 is 0 Å². The van der Waals surface area contributed by atoms with Gasteiger partial charge in [-0.05, 0) is 75.3 Å². The van der Waals surface area contributed by atoms with Crippen LogP contribution in [0.4, 0.5) is 0 Å². The van der Waals surface area contributed by atoms with Crippen LogP contribution >= 0.6 is 0 Å². The van der Waals surface area contributed by atoms with Crippen LogP contribution in [-0.4, -0.2) is 12.8 Å². The molecule has 0 heterocycles. The van der Waals surface area contributed by atoms with E-state index in [9.17, 15) is 0 Å². The molecule has 0 aromatic heterocycles. The molecule has 4 rings (SSSR count). The second-order valence-electron chi connectivity index (χ2n) is 6.14. The first-order valence-electron chi connectivity index (χ1n) is 6.18. The summed E-state index contributed by atoms with van der Waals surface area (Å²) in [6, 6.07) is 0.510. The number of aliphatic imine (C=N–C) groups is 1. The normalized spacial score (nSPS) is 51.9. The van der Waals surface area contributed by atoms with Crippen LogP contribution in [0.25, 0.3) is 0 Å². The molecule has 0 saturated heterocycles. The zero-order valence-corrected chi connectivity index (χ0v) is 9.21. The summed E-state index contributed by atoms with van der Waals surface area (Å²) in [6.45, 7) is 6.06. The highest BCUT2D eigenvalue weighted by atomic mass is 14.8. The van der Waals surface area contributed by atoms with Gasteiger partial charge in [0.1, 0.15) is 0 Å². The maximum Gasteiger partial charge on any atom is 0.0520 e. The average Bonchev–Trinajstić information content (AvgIpc) is 2.14. The van der Waals surface area contributed by atoms with Crippen molar-refractivity contribution in [2.45, 2.75) is 51.5 Å². The first kappa shape index (κ1) is 8.94. The Bertz CT molecular complexity index is 221. The van der Waals surface area contributed by atoms with Crippen LogP contribution in [-0.2, 0) is 0 Å². The van der Waals surface area contributed by atoms with E-state index in [-0.39, 0.29) is 0 Å². The number of hydrogen-bond acceptors (Lipinski definition) is 1. The lowest BCUT2D eigenvalue weighted by Gasteiger charge is -2.58. The third-order valence-electron chi connectivity index (χ3n) is 5.25. The maximum atomic E-state index is 4.33. The number of nitrogens with zero attached hydrogens (tertiary/aromatic N) is 1. The fourth-order valence-corrected chi connectivity index (χ4v) is 4.88. The van der Waals surface area contributed by atoms with Gasteiger partial charge in [0.25, 0.3) is 0 Å². The van der Waals surface area contributed by atoms with E-state index in [1.165, 1.54) is 38.5 Å². The van der Waals surface area contributed by atoms with Crippen molar-refractivity contribution in [2.75, 3.05) is 0 Å². The van der Waals surface area contributed by atoms with E-state index in [0.717, 1.165) is 17.8 Å². The lowest BCUT2D eigenvalue weighted by atomic mass is 9.48. The smallest absolute Gasteiger partial charge is 0.0520 e. The van der Waals surface area contributed by atoms with Gasteiger partial charge in [-0.3, -0.25) is 4.99 Å². The van der Waals surface area contributed by atoms with Crippen molar-refractivity contribution in [3.05, 3.63) is 0 Å². The predicted molar refractivity (Wildman–Crippen MR) is 59.6 cm³/mol. The molecular formula is C13H21N. The van der Waals surface area contributed by atoms with Gasteiger partial charge in [-0.2, -0.15) is 0 Å². The van der Waals surface area contributed by atoms with E-state index in [4.69, 9.17) is 0 Å². The van der Waals surface area contributed by atoms with Gasteiger partial charge in [-0.25, -0.2) is 0 Å². The molecular weight excluding hydrogens is 170 g/mol. The van der Waals surface area contributed by atoms with E-state index in [1.807, 2.05) is 0 Å². The zero-order chi connectivity index (χ0) is 9.76. The van der Waals surface area contributed by atoms with Crippen LogP contribution in [0.5, 0.6) is 0 Å². The Balaban J connectivity index is 1.90. The third-order valence-corrected chi connectivity index (χ3v) is 5.25. The molecule has 1 heteroatoms. The molecule has 4 aliphatic carbocycles. The lowest BCUT2D eigenvalue weighted by Crippen LogP contribution is -2.50. The van der Waals surface area contributed by atoms with Gasteiger partial charge < -0.3 is 0 Å².